The molecule has 4 heteroatoms. The molecular weight excluding hydrogens is 247 g/mol. The number of benzene rings is 1. The molecule has 0 radical (unpaired) electrons. The summed E-state index contributed by atoms with van der Waals surface area (Å²) in [4.78, 5) is 0. The summed E-state index contributed by atoms with van der Waals surface area (Å²) in [7, 11) is 0. The van der Waals surface area contributed by atoms with E-state index in [1.807, 2.05) is 17.8 Å². The molecule has 0 aromatic heterocycles. The van der Waals surface area contributed by atoms with Crippen LogP contribution in [0.3, 0.4) is 0 Å². The third kappa shape index (κ3) is 4.01. The third-order valence-corrected chi connectivity index (χ3v) is 4.24. The molecule has 0 saturated carbocycles. The van der Waals surface area contributed by atoms with Crippen LogP contribution in [-0.4, -0.2) is 18.1 Å². The first-order valence-corrected chi connectivity index (χ1v) is 7.41. The predicted octanol–water partition coefficient (Wildman–Crippen LogP) is 2.93. The highest BCUT2D eigenvalue weighted by molar-refractivity contribution is 7.99. The number of nitrogens with zero attached hydrogens (tertiary/aromatic N) is 1. The van der Waals surface area contributed by atoms with Crippen molar-refractivity contribution in [2.75, 3.05) is 18.1 Å². The summed E-state index contributed by atoms with van der Waals surface area (Å²) in [5.41, 5.74) is 1.23. The minimum Gasteiger partial charge on any atom is -0.312 e. The second-order valence-corrected chi connectivity index (χ2v) is 5.87. The molecule has 96 valence electrons. The molecule has 1 fully saturated rings. The average Bonchev–Trinajstić information content (AvgIpc) is 2.39. The Kier molecular flexibility index (Phi) is 5.03. The molecule has 1 aliphatic rings. The largest absolute Gasteiger partial charge is 0.312 e. The van der Waals surface area contributed by atoms with E-state index >= 15 is 0 Å². The molecule has 0 spiro atoms. The van der Waals surface area contributed by atoms with Gasteiger partial charge in [-0.25, -0.2) is 4.39 Å². The normalized spacial score (nSPS) is 16.4. The van der Waals surface area contributed by atoms with E-state index in [9.17, 15) is 4.39 Å². The van der Waals surface area contributed by atoms with Gasteiger partial charge in [0.05, 0.1) is 11.6 Å². The third-order valence-electron chi connectivity index (χ3n) is 3.19. The van der Waals surface area contributed by atoms with Crippen molar-refractivity contribution in [1.82, 2.24) is 5.32 Å². The lowest BCUT2D eigenvalue weighted by Gasteiger charge is -2.21. The van der Waals surface area contributed by atoms with Gasteiger partial charge in [-0.05, 0) is 60.6 Å². The zero-order chi connectivity index (χ0) is 12.8. The number of hydrogen-bond acceptors (Lipinski definition) is 3. The van der Waals surface area contributed by atoms with Crippen LogP contribution in [-0.2, 0) is 6.54 Å². The van der Waals surface area contributed by atoms with Crippen LogP contribution in [0.5, 0.6) is 0 Å². The lowest BCUT2D eigenvalue weighted by molar-refractivity contribution is 0.447. The highest BCUT2D eigenvalue weighted by atomic mass is 32.2. The van der Waals surface area contributed by atoms with E-state index in [1.54, 1.807) is 6.07 Å². The van der Waals surface area contributed by atoms with E-state index in [0.717, 1.165) is 18.0 Å². The van der Waals surface area contributed by atoms with Crippen LogP contribution in [0.15, 0.2) is 18.2 Å². The predicted molar refractivity (Wildman–Crippen MR) is 72.9 cm³/mol. The van der Waals surface area contributed by atoms with Gasteiger partial charge in [0.1, 0.15) is 5.82 Å². The molecule has 2 nitrogen and oxygen atoms in total. The number of thioether (sulfide) groups is 1. The Balaban J connectivity index is 1.82. The fourth-order valence-corrected chi connectivity index (χ4v) is 3.39. The Bertz CT molecular complexity index is 436. The van der Waals surface area contributed by atoms with Gasteiger partial charge in [-0.2, -0.15) is 17.0 Å². The summed E-state index contributed by atoms with van der Waals surface area (Å²) in [6.45, 7) is 1.62. The van der Waals surface area contributed by atoms with Crippen LogP contribution < -0.4 is 5.32 Å². The van der Waals surface area contributed by atoms with Gasteiger partial charge in [0, 0.05) is 6.54 Å². The smallest absolute Gasteiger partial charge is 0.124 e. The molecule has 0 aliphatic carbocycles. The molecular formula is C14H17FN2S. The number of nitriles is 1. The van der Waals surface area contributed by atoms with Crippen molar-refractivity contribution in [3.8, 4) is 6.07 Å². The first kappa shape index (κ1) is 13.4. The second kappa shape index (κ2) is 6.77. The van der Waals surface area contributed by atoms with Gasteiger partial charge in [-0.1, -0.05) is 0 Å². The van der Waals surface area contributed by atoms with Crippen LogP contribution >= 0.6 is 11.8 Å². The number of hydrogen-bond donors (Lipinski definition) is 1. The SMILES string of the molecule is N#Cc1cc(F)cc(CNCC2CCSCC2)c1. The Morgan fingerprint density at radius 2 is 2.11 bits per heavy atom. The average molecular weight is 264 g/mol. The molecule has 0 bridgehead atoms. The summed E-state index contributed by atoms with van der Waals surface area (Å²) in [6, 6.07) is 6.48. The fourth-order valence-electron chi connectivity index (χ4n) is 2.19. The van der Waals surface area contributed by atoms with Crippen LogP contribution in [0.4, 0.5) is 4.39 Å². The van der Waals surface area contributed by atoms with Crippen LogP contribution in [0.1, 0.15) is 24.0 Å². The van der Waals surface area contributed by atoms with Gasteiger partial charge in [-0.3, -0.25) is 0 Å². The molecule has 0 unspecified atom stereocenters. The molecule has 1 aromatic carbocycles. The molecule has 1 heterocycles. The second-order valence-electron chi connectivity index (χ2n) is 4.65. The monoisotopic (exact) mass is 264 g/mol. The number of rotatable bonds is 4. The van der Waals surface area contributed by atoms with Crippen LogP contribution in [0.25, 0.3) is 0 Å². The van der Waals surface area contributed by atoms with E-state index in [0.29, 0.717) is 12.1 Å². The molecule has 1 aromatic rings. The summed E-state index contributed by atoms with van der Waals surface area (Å²) in [6.07, 6.45) is 2.54. The van der Waals surface area contributed by atoms with Crippen molar-refractivity contribution >= 4 is 11.8 Å². The van der Waals surface area contributed by atoms with Gasteiger partial charge >= 0.3 is 0 Å². The minimum absolute atomic E-state index is 0.333. The van der Waals surface area contributed by atoms with E-state index in [-0.39, 0.29) is 5.82 Å². The Hall–Kier alpha value is -1.05. The molecule has 1 N–H and O–H groups in total. The van der Waals surface area contributed by atoms with Gasteiger partial charge in [0.25, 0.3) is 0 Å². The summed E-state index contributed by atoms with van der Waals surface area (Å²) in [5.74, 6) is 2.92. The van der Waals surface area contributed by atoms with Crippen molar-refractivity contribution in [3.05, 3.63) is 35.1 Å². The fraction of sp³-hybridized carbons (Fsp3) is 0.500. The quantitative estimate of drug-likeness (QED) is 0.908. The van der Waals surface area contributed by atoms with Crippen molar-refractivity contribution in [3.63, 3.8) is 0 Å². The van der Waals surface area contributed by atoms with Gasteiger partial charge < -0.3 is 5.32 Å². The maximum Gasteiger partial charge on any atom is 0.124 e. The highest BCUT2D eigenvalue weighted by Crippen LogP contribution is 2.22. The maximum absolute atomic E-state index is 13.2. The molecule has 18 heavy (non-hydrogen) atoms. The van der Waals surface area contributed by atoms with Crippen molar-refractivity contribution in [2.45, 2.75) is 19.4 Å². The first-order chi connectivity index (χ1) is 8.78. The summed E-state index contributed by atoms with van der Waals surface area (Å²) in [5, 5.41) is 12.1. The van der Waals surface area contributed by atoms with E-state index in [1.165, 1.54) is 36.5 Å². The zero-order valence-corrected chi connectivity index (χ0v) is 11.1. The highest BCUT2D eigenvalue weighted by Gasteiger charge is 2.12. The van der Waals surface area contributed by atoms with Gasteiger partial charge in [0.15, 0.2) is 0 Å². The van der Waals surface area contributed by atoms with Gasteiger partial charge in [-0.15, -0.1) is 0 Å². The molecule has 0 amide bonds. The van der Waals surface area contributed by atoms with Crippen LogP contribution in [0, 0.1) is 23.1 Å². The first-order valence-electron chi connectivity index (χ1n) is 6.26. The van der Waals surface area contributed by atoms with E-state index in [2.05, 4.69) is 5.32 Å². The van der Waals surface area contributed by atoms with E-state index in [4.69, 9.17) is 5.26 Å². The van der Waals surface area contributed by atoms with Crippen molar-refractivity contribution < 1.29 is 4.39 Å². The zero-order valence-electron chi connectivity index (χ0n) is 10.3. The van der Waals surface area contributed by atoms with Gasteiger partial charge in [0.2, 0.25) is 0 Å². The topological polar surface area (TPSA) is 35.8 Å². The molecule has 0 atom stereocenters. The molecule has 2 rings (SSSR count). The van der Waals surface area contributed by atoms with E-state index < -0.39 is 0 Å². The van der Waals surface area contributed by atoms with Crippen molar-refractivity contribution in [2.24, 2.45) is 5.92 Å². The van der Waals surface area contributed by atoms with Crippen molar-refractivity contribution in [1.29, 1.82) is 5.26 Å². The number of halogens is 1. The summed E-state index contributed by atoms with van der Waals surface area (Å²) >= 11 is 2.02. The lowest BCUT2D eigenvalue weighted by Crippen LogP contribution is -2.25. The Morgan fingerprint density at radius 3 is 2.83 bits per heavy atom. The Labute approximate surface area is 112 Å². The summed E-state index contributed by atoms with van der Waals surface area (Å²) < 4.78 is 13.2. The standard InChI is InChI=1S/C14H17FN2S/c15-14-6-12(8-16)5-13(7-14)10-17-9-11-1-3-18-4-2-11/h5-7,11,17H,1-4,9-10H2. The molecule has 1 saturated heterocycles. The lowest BCUT2D eigenvalue weighted by atomic mass is 10.0. The maximum atomic E-state index is 13.2. The minimum atomic E-state index is -0.333. The molecule has 1 aliphatic heterocycles. The number of nitrogens with one attached hydrogen (secondary N) is 1. The van der Waals surface area contributed by atoms with Crippen LogP contribution in [0.2, 0.25) is 0 Å². The Morgan fingerprint density at radius 1 is 1.33 bits per heavy atom.